The van der Waals surface area contributed by atoms with Gasteiger partial charge in [-0.05, 0) is 44.4 Å². The summed E-state index contributed by atoms with van der Waals surface area (Å²) in [5, 5.41) is 17.8. The molecule has 2 atom stereocenters. The van der Waals surface area contributed by atoms with Crippen LogP contribution in [0.15, 0.2) is 0 Å². The van der Waals surface area contributed by atoms with Crippen molar-refractivity contribution in [1.29, 1.82) is 0 Å². The molecule has 0 heterocycles. The third-order valence-corrected chi connectivity index (χ3v) is 2.35. The first kappa shape index (κ1) is 9.01. The molecule has 0 spiro atoms. The third kappa shape index (κ3) is 3.21. The Hall–Kier alpha value is -0.0800. The molecular formula is C9H17O2. The standard InChI is InChI=1S/C9H17O2/c10-7-1-2-8-3-5-9(11)6-4-8/h3,8-11H,1-2,4-7H2. The van der Waals surface area contributed by atoms with E-state index in [-0.39, 0.29) is 6.10 Å². The zero-order valence-electron chi connectivity index (χ0n) is 6.87. The van der Waals surface area contributed by atoms with Gasteiger partial charge in [0.1, 0.15) is 0 Å². The summed E-state index contributed by atoms with van der Waals surface area (Å²) < 4.78 is 0. The molecule has 0 amide bonds. The number of hydrogen-bond acceptors (Lipinski definition) is 2. The van der Waals surface area contributed by atoms with Gasteiger partial charge in [-0.2, -0.15) is 0 Å². The smallest absolute Gasteiger partial charge is 0.0543 e. The van der Waals surface area contributed by atoms with Crippen LogP contribution in [0.5, 0.6) is 0 Å². The Kier molecular flexibility index (Phi) is 3.87. The van der Waals surface area contributed by atoms with Crippen molar-refractivity contribution in [2.24, 2.45) is 5.92 Å². The molecule has 2 heteroatoms. The van der Waals surface area contributed by atoms with E-state index in [1.165, 1.54) is 0 Å². The fourth-order valence-corrected chi connectivity index (χ4v) is 1.61. The highest BCUT2D eigenvalue weighted by Gasteiger charge is 2.18. The highest BCUT2D eigenvalue weighted by molar-refractivity contribution is 4.84. The Morgan fingerprint density at radius 2 is 2.18 bits per heavy atom. The van der Waals surface area contributed by atoms with Crippen molar-refractivity contribution < 1.29 is 10.2 Å². The van der Waals surface area contributed by atoms with Crippen LogP contribution in [0.3, 0.4) is 0 Å². The first-order chi connectivity index (χ1) is 5.33. The van der Waals surface area contributed by atoms with E-state index in [0.717, 1.165) is 32.1 Å². The molecular weight excluding hydrogens is 140 g/mol. The predicted molar refractivity (Wildman–Crippen MR) is 44.0 cm³/mol. The van der Waals surface area contributed by atoms with Gasteiger partial charge in [0.05, 0.1) is 6.10 Å². The largest absolute Gasteiger partial charge is 0.396 e. The monoisotopic (exact) mass is 157 g/mol. The summed E-state index contributed by atoms with van der Waals surface area (Å²) in [5.74, 6) is 0.644. The third-order valence-electron chi connectivity index (χ3n) is 2.35. The lowest BCUT2D eigenvalue weighted by Crippen LogP contribution is -2.18. The van der Waals surface area contributed by atoms with E-state index in [1.54, 1.807) is 0 Å². The minimum absolute atomic E-state index is 0.0969. The first-order valence-electron chi connectivity index (χ1n) is 4.45. The van der Waals surface area contributed by atoms with Crippen molar-refractivity contribution in [3.63, 3.8) is 0 Å². The van der Waals surface area contributed by atoms with Crippen LogP contribution in [0.4, 0.5) is 0 Å². The van der Waals surface area contributed by atoms with E-state index in [0.29, 0.717) is 12.5 Å². The minimum Gasteiger partial charge on any atom is -0.396 e. The van der Waals surface area contributed by atoms with Gasteiger partial charge in [0, 0.05) is 6.61 Å². The van der Waals surface area contributed by atoms with Gasteiger partial charge in [-0.3, -0.25) is 0 Å². The second kappa shape index (κ2) is 4.73. The molecule has 0 aromatic carbocycles. The van der Waals surface area contributed by atoms with Crippen LogP contribution >= 0.6 is 0 Å². The van der Waals surface area contributed by atoms with Crippen molar-refractivity contribution in [3.05, 3.63) is 6.42 Å². The number of hydrogen-bond donors (Lipinski definition) is 2. The lowest BCUT2D eigenvalue weighted by atomic mass is 9.85. The number of rotatable bonds is 3. The highest BCUT2D eigenvalue weighted by atomic mass is 16.3. The maximum atomic E-state index is 9.17. The van der Waals surface area contributed by atoms with Gasteiger partial charge >= 0.3 is 0 Å². The molecule has 1 aliphatic carbocycles. The number of aliphatic hydroxyl groups excluding tert-OH is 2. The van der Waals surface area contributed by atoms with E-state index in [2.05, 4.69) is 6.42 Å². The summed E-state index contributed by atoms with van der Waals surface area (Å²) in [5.41, 5.74) is 0. The van der Waals surface area contributed by atoms with Gasteiger partial charge in [0.25, 0.3) is 0 Å². The second-order valence-electron chi connectivity index (χ2n) is 3.33. The molecule has 1 radical (unpaired) electrons. The molecule has 0 saturated heterocycles. The average Bonchev–Trinajstić information content (AvgIpc) is 2.04. The Bertz CT molecular complexity index is 93.0. The van der Waals surface area contributed by atoms with Gasteiger partial charge in [0.2, 0.25) is 0 Å². The average molecular weight is 157 g/mol. The van der Waals surface area contributed by atoms with Gasteiger partial charge in [0.15, 0.2) is 0 Å². The van der Waals surface area contributed by atoms with Crippen molar-refractivity contribution in [2.75, 3.05) is 6.61 Å². The van der Waals surface area contributed by atoms with Crippen molar-refractivity contribution in [1.82, 2.24) is 0 Å². The molecule has 11 heavy (non-hydrogen) atoms. The molecule has 2 nitrogen and oxygen atoms in total. The van der Waals surface area contributed by atoms with Crippen LogP contribution in [-0.4, -0.2) is 22.9 Å². The van der Waals surface area contributed by atoms with Crippen LogP contribution in [0.1, 0.15) is 32.1 Å². The van der Waals surface area contributed by atoms with Gasteiger partial charge < -0.3 is 10.2 Å². The van der Waals surface area contributed by atoms with Crippen LogP contribution in [0, 0.1) is 12.3 Å². The molecule has 65 valence electrons. The molecule has 0 bridgehead atoms. The van der Waals surface area contributed by atoms with Crippen LogP contribution in [0.25, 0.3) is 0 Å². The SMILES string of the molecule is OCCCC1[CH]CC(O)CC1. The number of aliphatic hydroxyl groups is 2. The second-order valence-corrected chi connectivity index (χ2v) is 3.33. The lowest BCUT2D eigenvalue weighted by Gasteiger charge is -2.24. The maximum absolute atomic E-state index is 9.17. The minimum atomic E-state index is -0.0969. The Morgan fingerprint density at radius 1 is 1.36 bits per heavy atom. The fraction of sp³-hybridized carbons (Fsp3) is 0.889. The normalized spacial score (nSPS) is 32.2. The molecule has 1 rings (SSSR count). The molecule has 2 N–H and O–H groups in total. The van der Waals surface area contributed by atoms with Gasteiger partial charge in [-0.25, -0.2) is 0 Å². The van der Waals surface area contributed by atoms with Gasteiger partial charge in [-0.1, -0.05) is 0 Å². The summed E-state index contributed by atoms with van der Waals surface area (Å²) in [6.45, 7) is 0.299. The Labute approximate surface area is 68.2 Å². The van der Waals surface area contributed by atoms with Crippen LogP contribution < -0.4 is 0 Å². The molecule has 0 aromatic heterocycles. The molecule has 0 aliphatic heterocycles. The predicted octanol–water partition coefficient (Wildman–Crippen LogP) is 1.12. The quantitative estimate of drug-likeness (QED) is 0.644. The van der Waals surface area contributed by atoms with Crippen molar-refractivity contribution in [2.45, 2.75) is 38.2 Å². The lowest BCUT2D eigenvalue weighted by molar-refractivity contribution is 0.130. The van der Waals surface area contributed by atoms with Crippen LogP contribution in [-0.2, 0) is 0 Å². The molecule has 0 aromatic rings. The van der Waals surface area contributed by atoms with Crippen molar-refractivity contribution in [3.8, 4) is 0 Å². The van der Waals surface area contributed by atoms with E-state index in [1.807, 2.05) is 0 Å². The van der Waals surface area contributed by atoms with Gasteiger partial charge in [-0.15, -0.1) is 0 Å². The van der Waals surface area contributed by atoms with Crippen molar-refractivity contribution >= 4 is 0 Å². The van der Waals surface area contributed by atoms with E-state index in [9.17, 15) is 5.11 Å². The van der Waals surface area contributed by atoms with E-state index >= 15 is 0 Å². The fourth-order valence-electron chi connectivity index (χ4n) is 1.61. The van der Waals surface area contributed by atoms with E-state index in [4.69, 9.17) is 5.11 Å². The van der Waals surface area contributed by atoms with Crippen LogP contribution in [0.2, 0.25) is 0 Å². The zero-order valence-corrected chi connectivity index (χ0v) is 6.87. The summed E-state index contributed by atoms with van der Waals surface area (Å²) in [6.07, 6.45) is 6.97. The molecule has 2 unspecified atom stereocenters. The highest BCUT2D eigenvalue weighted by Crippen LogP contribution is 2.26. The summed E-state index contributed by atoms with van der Waals surface area (Å²) in [6, 6.07) is 0. The summed E-state index contributed by atoms with van der Waals surface area (Å²) >= 11 is 0. The topological polar surface area (TPSA) is 40.5 Å². The zero-order chi connectivity index (χ0) is 8.10. The van der Waals surface area contributed by atoms with E-state index < -0.39 is 0 Å². The molecule has 1 fully saturated rings. The summed E-state index contributed by atoms with van der Waals surface area (Å²) in [4.78, 5) is 0. The first-order valence-corrected chi connectivity index (χ1v) is 4.45. The molecule has 1 saturated carbocycles. The maximum Gasteiger partial charge on any atom is 0.0543 e. The molecule has 1 aliphatic rings. The Balaban J connectivity index is 2.07. The Morgan fingerprint density at radius 3 is 2.73 bits per heavy atom. The summed E-state index contributed by atoms with van der Waals surface area (Å²) in [7, 11) is 0.